The summed E-state index contributed by atoms with van der Waals surface area (Å²) in [5.41, 5.74) is 1.95. The first-order valence-electron chi connectivity index (χ1n) is 6.07. The molecule has 20 heavy (non-hydrogen) atoms. The predicted octanol–water partition coefficient (Wildman–Crippen LogP) is 4.00. The van der Waals surface area contributed by atoms with Crippen LogP contribution in [0.3, 0.4) is 0 Å². The summed E-state index contributed by atoms with van der Waals surface area (Å²) in [5, 5.41) is 3.12. The van der Waals surface area contributed by atoms with Gasteiger partial charge in [0.05, 0.1) is 15.8 Å². The third-order valence-corrected chi connectivity index (χ3v) is 4.07. The highest BCUT2D eigenvalue weighted by Crippen LogP contribution is 2.28. The van der Waals surface area contributed by atoms with E-state index >= 15 is 0 Å². The lowest BCUT2D eigenvalue weighted by Crippen LogP contribution is -2.13. The minimum atomic E-state index is -0.540. The molecule has 3 rings (SSSR count). The number of carbonyl (C=O) groups excluding carboxylic acids is 1. The first-order valence-corrected chi connectivity index (χ1v) is 6.89. The molecular weight excluding hydrogens is 275 g/mol. The van der Waals surface area contributed by atoms with Gasteiger partial charge in [0.15, 0.2) is 5.13 Å². The van der Waals surface area contributed by atoms with E-state index in [2.05, 4.69) is 10.3 Å². The molecule has 0 saturated carbocycles. The molecule has 0 atom stereocenters. The molecule has 3 aromatic rings. The number of benzene rings is 2. The van der Waals surface area contributed by atoms with Crippen molar-refractivity contribution in [2.45, 2.75) is 6.92 Å². The van der Waals surface area contributed by atoms with E-state index in [1.54, 1.807) is 12.1 Å². The molecule has 0 spiro atoms. The topological polar surface area (TPSA) is 42.0 Å². The van der Waals surface area contributed by atoms with Crippen LogP contribution in [0, 0.1) is 12.7 Å². The Kier molecular flexibility index (Phi) is 3.20. The number of amides is 1. The van der Waals surface area contributed by atoms with Gasteiger partial charge in [-0.2, -0.15) is 0 Å². The second-order valence-electron chi connectivity index (χ2n) is 4.38. The molecule has 0 saturated heterocycles. The van der Waals surface area contributed by atoms with E-state index in [-0.39, 0.29) is 5.56 Å². The monoisotopic (exact) mass is 286 g/mol. The number of fused-ring (bicyclic) bond motifs is 1. The fourth-order valence-electron chi connectivity index (χ4n) is 1.95. The van der Waals surface area contributed by atoms with Gasteiger partial charge in [0.2, 0.25) is 0 Å². The van der Waals surface area contributed by atoms with Crippen molar-refractivity contribution in [3.8, 4) is 0 Å². The number of hydrogen-bond donors (Lipinski definition) is 1. The molecule has 1 aromatic heterocycles. The number of nitrogens with one attached hydrogen (secondary N) is 1. The van der Waals surface area contributed by atoms with Crippen LogP contribution in [0.15, 0.2) is 42.5 Å². The maximum absolute atomic E-state index is 13.5. The summed E-state index contributed by atoms with van der Waals surface area (Å²) >= 11 is 1.39. The van der Waals surface area contributed by atoms with E-state index in [4.69, 9.17) is 0 Å². The summed E-state index contributed by atoms with van der Waals surface area (Å²) in [7, 11) is 0. The van der Waals surface area contributed by atoms with Crippen LogP contribution < -0.4 is 5.32 Å². The highest BCUT2D eigenvalue weighted by atomic mass is 32.1. The largest absolute Gasteiger partial charge is 0.298 e. The van der Waals surface area contributed by atoms with Crippen LogP contribution in [-0.2, 0) is 0 Å². The number of hydrogen-bond acceptors (Lipinski definition) is 3. The van der Waals surface area contributed by atoms with Crippen molar-refractivity contribution in [2.24, 2.45) is 0 Å². The molecule has 5 heteroatoms. The minimum absolute atomic E-state index is 0.0171. The van der Waals surface area contributed by atoms with Gasteiger partial charge in [-0.25, -0.2) is 9.37 Å². The second kappa shape index (κ2) is 5.02. The van der Waals surface area contributed by atoms with Crippen molar-refractivity contribution in [3.05, 3.63) is 59.4 Å². The van der Waals surface area contributed by atoms with Crippen LogP contribution in [0.25, 0.3) is 10.2 Å². The Hall–Kier alpha value is -2.27. The van der Waals surface area contributed by atoms with Crippen molar-refractivity contribution in [2.75, 3.05) is 5.32 Å². The van der Waals surface area contributed by atoms with Crippen molar-refractivity contribution >= 4 is 32.6 Å². The van der Waals surface area contributed by atoms with Gasteiger partial charge in [0.1, 0.15) is 5.82 Å². The molecule has 0 unspecified atom stereocenters. The number of thiazole rings is 1. The van der Waals surface area contributed by atoms with Gasteiger partial charge in [-0.1, -0.05) is 35.6 Å². The highest BCUT2D eigenvalue weighted by Gasteiger charge is 2.13. The molecule has 3 nitrogen and oxygen atoms in total. The Bertz CT molecular complexity index is 797. The normalized spacial score (nSPS) is 10.7. The van der Waals surface area contributed by atoms with Crippen molar-refractivity contribution in [1.29, 1.82) is 0 Å². The van der Waals surface area contributed by atoms with Gasteiger partial charge in [-0.15, -0.1) is 0 Å². The standard InChI is InChI=1S/C15H11FN2OS/c1-9-5-4-8-12-13(9)20-15(17-12)18-14(19)10-6-2-3-7-11(10)16/h2-8H,1H3,(H,17,18,19). The average Bonchev–Trinajstić information content (AvgIpc) is 2.83. The number of rotatable bonds is 2. The summed E-state index contributed by atoms with van der Waals surface area (Å²) in [6, 6.07) is 11.7. The summed E-state index contributed by atoms with van der Waals surface area (Å²) in [4.78, 5) is 16.3. The molecule has 0 bridgehead atoms. The van der Waals surface area contributed by atoms with Crippen LogP contribution in [-0.4, -0.2) is 10.9 Å². The minimum Gasteiger partial charge on any atom is -0.298 e. The Morgan fingerprint density at radius 3 is 2.75 bits per heavy atom. The van der Waals surface area contributed by atoms with Gasteiger partial charge in [-0.05, 0) is 30.7 Å². The Morgan fingerprint density at radius 1 is 1.20 bits per heavy atom. The van der Waals surface area contributed by atoms with E-state index in [0.29, 0.717) is 5.13 Å². The van der Waals surface area contributed by atoms with Gasteiger partial charge < -0.3 is 0 Å². The molecular formula is C15H11FN2OS. The zero-order valence-corrected chi connectivity index (χ0v) is 11.5. The second-order valence-corrected chi connectivity index (χ2v) is 5.38. The highest BCUT2D eigenvalue weighted by molar-refractivity contribution is 7.22. The fourth-order valence-corrected chi connectivity index (χ4v) is 2.88. The van der Waals surface area contributed by atoms with E-state index in [9.17, 15) is 9.18 Å². The van der Waals surface area contributed by atoms with Crippen LogP contribution in [0.2, 0.25) is 0 Å². The van der Waals surface area contributed by atoms with Crippen molar-refractivity contribution in [3.63, 3.8) is 0 Å². The first-order chi connectivity index (χ1) is 9.65. The molecule has 0 aliphatic heterocycles. The molecule has 0 fully saturated rings. The quantitative estimate of drug-likeness (QED) is 0.773. The van der Waals surface area contributed by atoms with Crippen LogP contribution in [0.5, 0.6) is 0 Å². The number of halogens is 1. The van der Waals surface area contributed by atoms with Crippen molar-refractivity contribution in [1.82, 2.24) is 4.98 Å². The fraction of sp³-hybridized carbons (Fsp3) is 0.0667. The summed E-state index contributed by atoms with van der Waals surface area (Å²) in [6.07, 6.45) is 0. The third-order valence-electron chi connectivity index (χ3n) is 2.95. The Morgan fingerprint density at radius 2 is 2.00 bits per heavy atom. The molecule has 100 valence electrons. The summed E-state index contributed by atoms with van der Waals surface area (Å²) in [5.74, 6) is -1.03. The number of aryl methyl sites for hydroxylation is 1. The molecule has 1 heterocycles. The van der Waals surface area contributed by atoms with Crippen LogP contribution in [0.4, 0.5) is 9.52 Å². The number of carbonyl (C=O) groups is 1. The van der Waals surface area contributed by atoms with Gasteiger partial charge in [0, 0.05) is 0 Å². The lowest BCUT2D eigenvalue weighted by molar-refractivity contribution is 0.102. The smallest absolute Gasteiger partial charge is 0.260 e. The summed E-state index contributed by atoms with van der Waals surface area (Å²) < 4.78 is 14.6. The van der Waals surface area contributed by atoms with E-state index in [0.717, 1.165) is 15.8 Å². The number of nitrogens with zero attached hydrogens (tertiary/aromatic N) is 1. The van der Waals surface area contributed by atoms with Gasteiger partial charge >= 0.3 is 0 Å². The number of anilines is 1. The molecule has 2 aromatic carbocycles. The van der Waals surface area contributed by atoms with Gasteiger partial charge in [0.25, 0.3) is 5.91 Å². The van der Waals surface area contributed by atoms with E-state index in [1.807, 2.05) is 25.1 Å². The molecule has 0 aliphatic rings. The van der Waals surface area contributed by atoms with Crippen LogP contribution in [0.1, 0.15) is 15.9 Å². The average molecular weight is 286 g/mol. The molecule has 1 N–H and O–H groups in total. The van der Waals surface area contributed by atoms with E-state index < -0.39 is 11.7 Å². The lowest BCUT2D eigenvalue weighted by atomic mass is 10.2. The van der Waals surface area contributed by atoms with Crippen molar-refractivity contribution < 1.29 is 9.18 Å². The zero-order chi connectivity index (χ0) is 14.1. The number of aromatic nitrogens is 1. The zero-order valence-electron chi connectivity index (χ0n) is 10.7. The molecule has 0 radical (unpaired) electrons. The maximum Gasteiger partial charge on any atom is 0.260 e. The van der Waals surface area contributed by atoms with E-state index in [1.165, 1.54) is 23.5 Å². The molecule has 1 amide bonds. The third kappa shape index (κ3) is 2.28. The molecule has 0 aliphatic carbocycles. The lowest BCUT2D eigenvalue weighted by Gasteiger charge is -2.02. The first kappa shape index (κ1) is 12.7. The van der Waals surface area contributed by atoms with Crippen LogP contribution >= 0.6 is 11.3 Å². The maximum atomic E-state index is 13.5. The van der Waals surface area contributed by atoms with Gasteiger partial charge in [-0.3, -0.25) is 10.1 Å². The predicted molar refractivity (Wildman–Crippen MR) is 78.7 cm³/mol. The Balaban J connectivity index is 1.92. The SMILES string of the molecule is Cc1cccc2nc(NC(=O)c3ccccc3F)sc12. The summed E-state index contributed by atoms with van der Waals surface area (Å²) in [6.45, 7) is 1.99. The Labute approximate surface area is 119 Å².